The fourth-order valence-corrected chi connectivity index (χ4v) is 5.92. The number of esters is 2. The summed E-state index contributed by atoms with van der Waals surface area (Å²) in [6.07, 6.45) is 9.68. The molecule has 0 N–H and O–H groups in total. The molecule has 34 heavy (non-hydrogen) atoms. The van der Waals surface area contributed by atoms with Gasteiger partial charge in [0.15, 0.2) is 11.4 Å². The van der Waals surface area contributed by atoms with Crippen LogP contribution in [0.25, 0.3) is 9.92 Å². The van der Waals surface area contributed by atoms with Gasteiger partial charge in [0.1, 0.15) is 12.4 Å². The fourth-order valence-electron chi connectivity index (χ4n) is 4.19. The van der Waals surface area contributed by atoms with Gasteiger partial charge >= 0.3 is 21.9 Å². The van der Waals surface area contributed by atoms with Gasteiger partial charge in [0.2, 0.25) is 0 Å². The second-order valence-electron chi connectivity index (χ2n) is 8.49. The molecule has 0 amide bonds. The molecule has 0 unspecified atom stereocenters. The lowest BCUT2D eigenvalue weighted by molar-refractivity contribution is -0.510. The summed E-state index contributed by atoms with van der Waals surface area (Å²) in [5, 5.41) is 3.94. The first-order chi connectivity index (χ1) is 16.4. The van der Waals surface area contributed by atoms with Crippen molar-refractivity contribution in [3.63, 3.8) is 0 Å². The van der Waals surface area contributed by atoms with Gasteiger partial charge < -0.3 is 9.47 Å². The number of aromatic nitrogens is 4. The molecule has 10 heteroatoms. The highest BCUT2D eigenvalue weighted by molar-refractivity contribution is 7.14. The van der Waals surface area contributed by atoms with Crippen LogP contribution in [0.2, 0.25) is 0 Å². The van der Waals surface area contributed by atoms with Crippen molar-refractivity contribution >= 4 is 44.5 Å². The Balaban J connectivity index is 1.09. The van der Waals surface area contributed by atoms with E-state index in [-0.39, 0.29) is 11.9 Å². The van der Waals surface area contributed by atoms with Gasteiger partial charge in [-0.2, -0.15) is 8.80 Å². The van der Waals surface area contributed by atoms with Crippen LogP contribution in [0.4, 0.5) is 0 Å². The second-order valence-corrected chi connectivity index (χ2v) is 10.2. The van der Waals surface area contributed by atoms with Crippen LogP contribution in [-0.4, -0.2) is 34.3 Å². The Bertz CT molecular complexity index is 1210. The summed E-state index contributed by atoms with van der Waals surface area (Å²) in [6.45, 7) is 4.75. The van der Waals surface area contributed by atoms with E-state index in [1.54, 1.807) is 22.7 Å². The molecule has 182 valence electrons. The topological polar surface area (TPSA) is 70.7 Å². The molecular formula is C24H32N4O4S2+2. The molecule has 4 aromatic rings. The van der Waals surface area contributed by atoms with Crippen molar-refractivity contribution in [2.24, 2.45) is 14.1 Å². The van der Waals surface area contributed by atoms with Gasteiger partial charge in [-0.15, -0.1) is 0 Å². The molecule has 0 spiro atoms. The number of ether oxygens (including phenoxy) is 2. The highest BCUT2D eigenvalue weighted by atomic mass is 32.1. The van der Waals surface area contributed by atoms with Gasteiger partial charge in [-0.05, 0) is 12.8 Å². The molecular weight excluding hydrogens is 472 g/mol. The summed E-state index contributed by atoms with van der Waals surface area (Å²) in [5.74, 6) is -0.528. The molecule has 0 fully saturated rings. The number of hydrogen-bond donors (Lipinski definition) is 0. The molecule has 0 aliphatic carbocycles. The Labute approximate surface area is 207 Å². The predicted octanol–water partition coefficient (Wildman–Crippen LogP) is 3.94. The predicted molar refractivity (Wildman–Crippen MR) is 131 cm³/mol. The van der Waals surface area contributed by atoms with Crippen molar-refractivity contribution in [1.82, 2.24) is 9.13 Å². The minimum absolute atomic E-state index is 0.264. The van der Waals surface area contributed by atoms with Gasteiger partial charge in [-0.25, -0.2) is 18.7 Å². The molecule has 4 rings (SSSR count). The maximum absolute atomic E-state index is 12.5. The highest BCUT2D eigenvalue weighted by Crippen LogP contribution is 2.16. The van der Waals surface area contributed by atoms with E-state index >= 15 is 0 Å². The van der Waals surface area contributed by atoms with Gasteiger partial charge in [0.25, 0.3) is 11.4 Å². The second kappa shape index (κ2) is 10.7. The zero-order valence-corrected chi connectivity index (χ0v) is 21.8. The molecule has 0 aromatic carbocycles. The molecule has 0 radical (unpaired) electrons. The number of aryl methyl sites for hydroxylation is 2. The molecule has 4 heterocycles. The van der Waals surface area contributed by atoms with Gasteiger partial charge in [-0.1, -0.05) is 48.4 Å². The first-order valence-corrected chi connectivity index (χ1v) is 13.4. The van der Waals surface area contributed by atoms with Crippen molar-refractivity contribution in [3.05, 3.63) is 45.9 Å². The monoisotopic (exact) mass is 504 g/mol. The molecule has 0 aliphatic heterocycles. The molecule has 0 bridgehead atoms. The number of carbonyl (C=O) groups is 2. The van der Waals surface area contributed by atoms with Crippen molar-refractivity contribution in [2.75, 3.05) is 13.2 Å². The third-order valence-corrected chi connectivity index (χ3v) is 8.20. The Morgan fingerprint density at radius 1 is 0.735 bits per heavy atom. The first kappa shape index (κ1) is 24.4. The lowest BCUT2D eigenvalue weighted by atomic mass is 10.1. The minimum atomic E-state index is -0.264. The number of hydrogen-bond acceptors (Lipinski definition) is 6. The Morgan fingerprint density at radius 3 is 1.53 bits per heavy atom. The van der Waals surface area contributed by atoms with Crippen LogP contribution in [0.3, 0.4) is 0 Å². The van der Waals surface area contributed by atoms with Gasteiger partial charge in [0.05, 0.1) is 27.3 Å². The van der Waals surface area contributed by atoms with E-state index in [9.17, 15) is 9.59 Å². The van der Waals surface area contributed by atoms with E-state index in [4.69, 9.17) is 9.47 Å². The van der Waals surface area contributed by atoms with E-state index in [0.29, 0.717) is 24.6 Å². The summed E-state index contributed by atoms with van der Waals surface area (Å²) < 4.78 is 18.9. The summed E-state index contributed by atoms with van der Waals surface area (Å²) in [4.78, 5) is 27.1. The standard InChI is InChI=1S/C24H32N4O4S2/c1-17-19(27-11-15-33-23(27)25(17)3)21(29)31-13-9-7-5-6-8-10-14-32-22(30)20-18(2)26(4)24-28(20)12-16-34-24/h11-12,15-16H,5-10,13-14H2,1-4H3/q+2. The maximum atomic E-state index is 12.5. The highest BCUT2D eigenvalue weighted by Gasteiger charge is 2.29. The molecule has 4 aromatic heterocycles. The summed E-state index contributed by atoms with van der Waals surface area (Å²) in [7, 11) is 3.92. The van der Waals surface area contributed by atoms with E-state index in [0.717, 1.165) is 59.8 Å². The molecule has 0 saturated heterocycles. The summed E-state index contributed by atoms with van der Waals surface area (Å²) >= 11 is 3.20. The van der Waals surface area contributed by atoms with E-state index in [2.05, 4.69) is 0 Å². The smallest absolute Gasteiger partial charge is 0.383 e. The summed E-state index contributed by atoms with van der Waals surface area (Å²) in [5.41, 5.74) is 3.05. The normalized spacial score (nSPS) is 11.5. The van der Waals surface area contributed by atoms with Crippen LogP contribution in [0, 0.1) is 13.8 Å². The van der Waals surface area contributed by atoms with Crippen molar-refractivity contribution in [1.29, 1.82) is 0 Å². The lowest BCUT2D eigenvalue weighted by Gasteiger charge is -2.05. The van der Waals surface area contributed by atoms with Crippen molar-refractivity contribution < 1.29 is 27.9 Å². The maximum Gasteiger partial charge on any atom is 0.383 e. The summed E-state index contributed by atoms with van der Waals surface area (Å²) in [6, 6.07) is 0. The molecule has 8 nitrogen and oxygen atoms in total. The largest absolute Gasteiger partial charge is 0.459 e. The third kappa shape index (κ3) is 4.74. The van der Waals surface area contributed by atoms with Crippen LogP contribution in [0.15, 0.2) is 23.2 Å². The number of thiazole rings is 2. The quantitative estimate of drug-likeness (QED) is 0.176. The minimum Gasteiger partial charge on any atom is -0.459 e. The SMILES string of the molecule is Cc1c(C(=O)OCCCCCCCCOC(=O)c2c(C)n(C)c3scc[n+]23)[n+]2ccsc2n1C. The fraction of sp³-hybridized carbons (Fsp3) is 0.500. The molecule has 0 atom stereocenters. The van der Waals surface area contributed by atoms with Crippen molar-refractivity contribution in [3.8, 4) is 0 Å². The lowest BCUT2D eigenvalue weighted by Crippen LogP contribution is -2.27. The van der Waals surface area contributed by atoms with Crippen LogP contribution < -0.4 is 8.80 Å². The number of nitrogens with zero attached hydrogens (tertiary/aromatic N) is 4. The third-order valence-electron chi connectivity index (χ3n) is 6.32. The number of imidazole rings is 2. The van der Waals surface area contributed by atoms with Crippen LogP contribution in [0.1, 0.15) is 70.9 Å². The zero-order valence-electron chi connectivity index (χ0n) is 20.2. The number of rotatable bonds is 11. The zero-order chi connectivity index (χ0) is 24.2. The van der Waals surface area contributed by atoms with Gasteiger partial charge in [0, 0.05) is 24.6 Å². The Hall–Kier alpha value is -2.72. The number of unbranched alkanes of at least 4 members (excludes halogenated alkanes) is 5. The average molecular weight is 505 g/mol. The van der Waals surface area contributed by atoms with Crippen LogP contribution in [-0.2, 0) is 23.6 Å². The Morgan fingerprint density at radius 2 is 1.12 bits per heavy atom. The van der Waals surface area contributed by atoms with E-state index < -0.39 is 0 Å². The number of fused-ring (bicyclic) bond motifs is 2. The van der Waals surface area contributed by atoms with Crippen molar-refractivity contribution in [2.45, 2.75) is 52.4 Å². The first-order valence-electron chi connectivity index (χ1n) is 11.6. The molecule has 0 aliphatic rings. The number of carbonyl (C=O) groups excluding carboxylic acids is 2. The van der Waals surface area contributed by atoms with E-state index in [1.807, 2.05) is 69.0 Å². The van der Waals surface area contributed by atoms with Crippen LogP contribution in [0.5, 0.6) is 0 Å². The van der Waals surface area contributed by atoms with E-state index in [1.165, 1.54) is 0 Å². The molecule has 0 saturated carbocycles. The Kier molecular flexibility index (Phi) is 7.67. The van der Waals surface area contributed by atoms with Crippen LogP contribution >= 0.6 is 22.7 Å². The van der Waals surface area contributed by atoms with Gasteiger partial charge in [-0.3, -0.25) is 0 Å². The average Bonchev–Trinajstić information content (AvgIpc) is 3.57.